The minimum Gasteiger partial charge on any atom is -0.462 e. The van der Waals surface area contributed by atoms with Gasteiger partial charge in [0, 0.05) is 19.3 Å². The molecule has 1 atom stereocenters. The maximum atomic E-state index is 12.8. The average Bonchev–Trinajstić information content (AvgIpc) is 3.33. The lowest BCUT2D eigenvalue weighted by Crippen LogP contribution is -2.30. The van der Waals surface area contributed by atoms with Crippen LogP contribution in [-0.2, 0) is 28.6 Å². The molecule has 0 aromatic heterocycles. The van der Waals surface area contributed by atoms with Crippen molar-refractivity contribution in [2.75, 3.05) is 13.2 Å². The van der Waals surface area contributed by atoms with E-state index in [0.29, 0.717) is 19.3 Å². The van der Waals surface area contributed by atoms with Gasteiger partial charge in [0.15, 0.2) is 6.10 Å². The Morgan fingerprint density at radius 2 is 0.582 bits per heavy atom. The monoisotopic (exact) mass is 937 g/mol. The number of carbonyl (C=O) groups excluding carboxylic acids is 3. The van der Waals surface area contributed by atoms with E-state index < -0.39 is 6.10 Å². The van der Waals surface area contributed by atoms with E-state index in [4.69, 9.17) is 14.2 Å². The Labute approximate surface area is 415 Å². The van der Waals surface area contributed by atoms with E-state index in [1.165, 1.54) is 148 Å². The van der Waals surface area contributed by atoms with Crippen molar-refractivity contribution < 1.29 is 28.6 Å². The fourth-order valence-electron chi connectivity index (χ4n) is 8.19. The molecule has 0 N–H and O–H groups in total. The molecule has 0 saturated heterocycles. The molecule has 0 heterocycles. The van der Waals surface area contributed by atoms with E-state index in [0.717, 1.165) is 103 Å². The van der Waals surface area contributed by atoms with Crippen LogP contribution in [0.25, 0.3) is 0 Å². The molecule has 67 heavy (non-hydrogen) atoms. The van der Waals surface area contributed by atoms with Gasteiger partial charge in [-0.05, 0) is 83.5 Å². The highest BCUT2D eigenvalue weighted by molar-refractivity contribution is 5.71. The first-order valence-electron chi connectivity index (χ1n) is 28.8. The average molecular weight is 938 g/mol. The number of hydrogen-bond acceptors (Lipinski definition) is 6. The van der Waals surface area contributed by atoms with Crippen molar-refractivity contribution in [3.05, 3.63) is 60.8 Å². The SMILES string of the molecule is CC/C=C\C/C=C\C/C=C\CCCCCCCC(=O)OC(COC(=O)CCCCCCCCCCCCC)COC(=O)CCCCCCCCCCCCC/C=C\C/C=C\CCCCCCC. The molecule has 0 saturated carbocycles. The summed E-state index contributed by atoms with van der Waals surface area (Å²) in [4.78, 5) is 38.1. The number of ether oxygens (including phenoxy) is 3. The van der Waals surface area contributed by atoms with Crippen molar-refractivity contribution in [3.8, 4) is 0 Å². The van der Waals surface area contributed by atoms with Crippen molar-refractivity contribution in [3.63, 3.8) is 0 Å². The third-order valence-corrected chi connectivity index (χ3v) is 12.5. The van der Waals surface area contributed by atoms with Crippen molar-refractivity contribution in [1.82, 2.24) is 0 Å². The topological polar surface area (TPSA) is 78.9 Å². The molecule has 0 aromatic carbocycles. The van der Waals surface area contributed by atoms with Crippen LogP contribution in [0.1, 0.15) is 290 Å². The Kier molecular flexibility index (Phi) is 53.3. The summed E-state index contributed by atoms with van der Waals surface area (Å²) < 4.78 is 16.8. The largest absolute Gasteiger partial charge is 0.462 e. The van der Waals surface area contributed by atoms with Crippen LogP contribution in [0.2, 0.25) is 0 Å². The molecule has 6 nitrogen and oxygen atoms in total. The van der Waals surface area contributed by atoms with Gasteiger partial charge in [-0.3, -0.25) is 14.4 Å². The smallest absolute Gasteiger partial charge is 0.306 e. The lowest BCUT2D eigenvalue weighted by Gasteiger charge is -2.18. The molecule has 388 valence electrons. The zero-order chi connectivity index (χ0) is 48.6. The molecule has 0 aliphatic rings. The molecule has 0 bridgehead atoms. The quantitative estimate of drug-likeness (QED) is 0.0262. The molecule has 0 aliphatic heterocycles. The third-order valence-electron chi connectivity index (χ3n) is 12.5. The van der Waals surface area contributed by atoms with Crippen LogP contribution in [0, 0.1) is 0 Å². The van der Waals surface area contributed by atoms with Gasteiger partial charge in [0.1, 0.15) is 13.2 Å². The Morgan fingerprint density at radius 3 is 0.910 bits per heavy atom. The van der Waals surface area contributed by atoms with Crippen molar-refractivity contribution in [2.45, 2.75) is 297 Å². The number of allylic oxidation sites excluding steroid dienone is 10. The van der Waals surface area contributed by atoms with Crippen LogP contribution in [0.3, 0.4) is 0 Å². The van der Waals surface area contributed by atoms with Crippen LogP contribution in [0.4, 0.5) is 0 Å². The Bertz CT molecular complexity index is 1210. The Balaban J connectivity index is 4.28. The molecule has 1 unspecified atom stereocenters. The minimum atomic E-state index is -0.781. The zero-order valence-corrected chi connectivity index (χ0v) is 44.4. The molecule has 0 fully saturated rings. The molecule has 6 heteroatoms. The Morgan fingerprint density at radius 1 is 0.313 bits per heavy atom. The Hall–Kier alpha value is -2.89. The van der Waals surface area contributed by atoms with Crippen LogP contribution in [0.15, 0.2) is 60.8 Å². The van der Waals surface area contributed by atoms with Gasteiger partial charge in [0.2, 0.25) is 0 Å². The zero-order valence-electron chi connectivity index (χ0n) is 44.4. The number of rotatable bonds is 52. The van der Waals surface area contributed by atoms with Crippen LogP contribution in [0.5, 0.6) is 0 Å². The van der Waals surface area contributed by atoms with E-state index in [-0.39, 0.29) is 31.1 Å². The maximum Gasteiger partial charge on any atom is 0.306 e. The molecule has 0 radical (unpaired) electrons. The van der Waals surface area contributed by atoms with E-state index >= 15 is 0 Å². The normalized spacial score (nSPS) is 12.5. The minimum absolute atomic E-state index is 0.0795. The van der Waals surface area contributed by atoms with Crippen molar-refractivity contribution >= 4 is 17.9 Å². The first kappa shape index (κ1) is 64.1. The first-order valence-corrected chi connectivity index (χ1v) is 28.8. The standard InChI is InChI=1S/C61H108O6/c1-4-7-10-13-16-19-22-24-26-27-28-29-30-31-32-33-35-36-39-42-45-48-51-54-60(63)66-57-58(56-65-59(62)53-50-47-44-41-38-21-18-15-12-9-6-3)67-61(64)55-52-49-46-43-40-37-34-25-23-20-17-14-11-8-5-2/h8,11,17,20,22,24-25,27-28,34,58H,4-7,9-10,12-16,18-19,21,23,26,29-33,35-57H2,1-3H3/b11-8-,20-17-,24-22-,28-27-,34-25-. The fraction of sp³-hybridized carbons (Fsp3) is 0.787. The maximum absolute atomic E-state index is 12.8. The molecule has 0 aromatic rings. The van der Waals surface area contributed by atoms with E-state index in [9.17, 15) is 14.4 Å². The second-order valence-electron chi connectivity index (χ2n) is 19.2. The molecule has 0 amide bonds. The van der Waals surface area contributed by atoms with Gasteiger partial charge in [0.05, 0.1) is 0 Å². The summed E-state index contributed by atoms with van der Waals surface area (Å²) in [6, 6.07) is 0. The predicted molar refractivity (Wildman–Crippen MR) is 288 cm³/mol. The molecule has 0 spiro atoms. The van der Waals surface area contributed by atoms with E-state index in [1.54, 1.807) is 0 Å². The number of carbonyl (C=O) groups is 3. The summed E-state index contributed by atoms with van der Waals surface area (Å²) in [5.74, 6) is -0.889. The first-order chi connectivity index (χ1) is 33.0. The third kappa shape index (κ3) is 53.9. The second-order valence-corrected chi connectivity index (χ2v) is 19.2. The lowest BCUT2D eigenvalue weighted by atomic mass is 10.0. The van der Waals surface area contributed by atoms with Gasteiger partial charge < -0.3 is 14.2 Å². The fourth-order valence-corrected chi connectivity index (χ4v) is 8.19. The lowest BCUT2D eigenvalue weighted by molar-refractivity contribution is -0.167. The number of unbranched alkanes of at least 4 members (excludes halogenated alkanes) is 31. The second kappa shape index (κ2) is 55.7. The van der Waals surface area contributed by atoms with Gasteiger partial charge >= 0.3 is 17.9 Å². The van der Waals surface area contributed by atoms with Crippen LogP contribution >= 0.6 is 0 Å². The molecular formula is C61H108O6. The van der Waals surface area contributed by atoms with Crippen LogP contribution in [-0.4, -0.2) is 37.2 Å². The molecule has 0 aliphatic carbocycles. The predicted octanol–water partition coefficient (Wildman–Crippen LogP) is 19.2. The van der Waals surface area contributed by atoms with Crippen LogP contribution < -0.4 is 0 Å². The van der Waals surface area contributed by atoms with E-state index in [2.05, 4.69) is 81.5 Å². The van der Waals surface area contributed by atoms with Gasteiger partial charge in [-0.25, -0.2) is 0 Å². The van der Waals surface area contributed by atoms with Gasteiger partial charge in [-0.15, -0.1) is 0 Å². The highest BCUT2D eigenvalue weighted by Crippen LogP contribution is 2.16. The highest BCUT2D eigenvalue weighted by Gasteiger charge is 2.19. The van der Waals surface area contributed by atoms with Gasteiger partial charge in [-0.1, -0.05) is 248 Å². The summed E-state index contributed by atoms with van der Waals surface area (Å²) in [6.07, 6.45) is 69.3. The van der Waals surface area contributed by atoms with E-state index in [1.807, 2.05) is 0 Å². The van der Waals surface area contributed by atoms with Crippen molar-refractivity contribution in [1.29, 1.82) is 0 Å². The number of esters is 3. The van der Waals surface area contributed by atoms with Gasteiger partial charge in [0.25, 0.3) is 0 Å². The summed E-state index contributed by atoms with van der Waals surface area (Å²) in [6.45, 7) is 6.52. The van der Waals surface area contributed by atoms with Gasteiger partial charge in [-0.2, -0.15) is 0 Å². The number of hydrogen-bond donors (Lipinski definition) is 0. The summed E-state index contributed by atoms with van der Waals surface area (Å²) in [5.41, 5.74) is 0. The summed E-state index contributed by atoms with van der Waals surface area (Å²) in [7, 11) is 0. The summed E-state index contributed by atoms with van der Waals surface area (Å²) >= 11 is 0. The highest BCUT2D eigenvalue weighted by atomic mass is 16.6. The summed E-state index contributed by atoms with van der Waals surface area (Å²) in [5, 5.41) is 0. The van der Waals surface area contributed by atoms with Crippen molar-refractivity contribution in [2.24, 2.45) is 0 Å². The molecular weight excluding hydrogens is 829 g/mol. The molecule has 0 rings (SSSR count).